The van der Waals surface area contributed by atoms with Crippen LogP contribution in [0.1, 0.15) is 19.4 Å². The molecule has 82 valence electrons. The van der Waals surface area contributed by atoms with Crippen molar-refractivity contribution in [3.63, 3.8) is 0 Å². The predicted octanol–water partition coefficient (Wildman–Crippen LogP) is 2.19. The number of ether oxygens (including phenoxy) is 2. The Bertz CT molecular complexity index is 331. The summed E-state index contributed by atoms with van der Waals surface area (Å²) in [6.45, 7) is 4.22. The molecule has 0 fully saturated rings. The summed E-state index contributed by atoms with van der Waals surface area (Å²) >= 11 is 0. The molecular weight excluding hydrogens is 192 g/mol. The molecule has 0 bridgehead atoms. The standard InChI is InChI=1S/C12H16O3/c1-12(2,15-9-13)8-10-6-4-5-7-11(10)14-3/h4-7,9H,8H2,1-3H3. The Balaban J connectivity index is 2.83. The summed E-state index contributed by atoms with van der Waals surface area (Å²) in [5, 5.41) is 0. The maximum absolute atomic E-state index is 10.3. The van der Waals surface area contributed by atoms with E-state index in [0.717, 1.165) is 11.3 Å². The van der Waals surface area contributed by atoms with Crippen molar-refractivity contribution in [2.24, 2.45) is 0 Å². The Morgan fingerprint density at radius 3 is 2.60 bits per heavy atom. The molecule has 3 nitrogen and oxygen atoms in total. The lowest BCUT2D eigenvalue weighted by molar-refractivity contribution is -0.140. The maximum atomic E-state index is 10.3. The highest BCUT2D eigenvalue weighted by molar-refractivity contribution is 5.39. The first-order valence-corrected chi connectivity index (χ1v) is 4.82. The number of methoxy groups -OCH3 is 1. The Morgan fingerprint density at radius 1 is 1.33 bits per heavy atom. The van der Waals surface area contributed by atoms with E-state index in [9.17, 15) is 4.79 Å². The Morgan fingerprint density at radius 2 is 2.00 bits per heavy atom. The van der Waals surface area contributed by atoms with Gasteiger partial charge in [-0.1, -0.05) is 18.2 Å². The molecule has 0 aliphatic heterocycles. The lowest BCUT2D eigenvalue weighted by Gasteiger charge is -2.23. The van der Waals surface area contributed by atoms with Crippen LogP contribution >= 0.6 is 0 Å². The quantitative estimate of drug-likeness (QED) is 0.696. The average molecular weight is 208 g/mol. The summed E-state index contributed by atoms with van der Waals surface area (Å²) < 4.78 is 10.2. The monoisotopic (exact) mass is 208 g/mol. The molecule has 0 aliphatic rings. The van der Waals surface area contributed by atoms with Crippen LogP contribution in [-0.4, -0.2) is 19.2 Å². The van der Waals surface area contributed by atoms with Crippen molar-refractivity contribution >= 4 is 6.47 Å². The molecule has 0 heterocycles. The number of hydrogen-bond acceptors (Lipinski definition) is 3. The van der Waals surface area contributed by atoms with Gasteiger partial charge < -0.3 is 9.47 Å². The molecule has 0 saturated carbocycles. The Labute approximate surface area is 90.0 Å². The Kier molecular flexibility index (Phi) is 3.72. The zero-order valence-electron chi connectivity index (χ0n) is 9.32. The first-order chi connectivity index (χ1) is 7.09. The first kappa shape index (κ1) is 11.6. The largest absolute Gasteiger partial charge is 0.496 e. The third kappa shape index (κ3) is 3.27. The van der Waals surface area contributed by atoms with Crippen LogP contribution in [0.4, 0.5) is 0 Å². The molecule has 0 amide bonds. The lowest BCUT2D eigenvalue weighted by atomic mass is 9.98. The van der Waals surface area contributed by atoms with Crippen LogP contribution in [-0.2, 0) is 16.0 Å². The van der Waals surface area contributed by atoms with Crippen LogP contribution in [0.15, 0.2) is 24.3 Å². The van der Waals surface area contributed by atoms with E-state index in [4.69, 9.17) is 9.47 Å². The third-order valence-electron chi connectivity index (χ3n) is 2.18. The zero-order chi connectivity index (χ0) is 11.3. The van der Waals surface area contributed by atoms with E-state index < -0.39 is 5.60 Å². The van der Waals surface area contributed by atoms with Gasteiger partial charge in [0.1, 0.15) is 11.4 Å². The molecule has 1 rings (SSSR count). The van der Waals surface area contributed by atoms with Crippen molar-refractivity contribution in [3.05, 3.63) is 29.8 Å². The fourth-order valence-electron chi connectivity index (χ4n) is 1.48. The van der Waals surface area contributed by atoms with Crippen LogP contribution in [0.2, 0.25) is 0 Å². The molecule has 1 aromatic carbocycles. The van der Waals surface area contributed by atoms with Crippen molar-refractivity contribution < 1.29 is 14.3 Å². The second-order valence-electron chi connectivity index (χ2n) is 3.96. The molecule has 0 atom stereocenters. The van der Waals surface area contributed by atoms with Gasteiger partial charge in [0, 0.05) is 6.42 Å². The van der Waals surface area contributed by atoms with Crippen LogP contribution in [0.3, 0.4) is 0 Å². The van der Waals surface area contributed by atoms with Gasteiger partial charge in [-0.15, -0.1) is 0 Å². The minimum absolute atomic E-state index is 0.482. The number of rotatable bonds is 5. The molecule has 0 N–H and O–H groups in total. The number of benzene rings is 1. The van der Waals surface area contributed by atoms with Crippen LogP contribution in [0.25, 0.3) is 0 Å². The van der Waals surface area contributed by atoms with Gasteiger partial charge in [0.25, 0.3) is 6.47 Å². The first-order valence-electron chi connectivity index (χ1n) is 4.82. The smallest absolute Gasteiger partial charge is 0.293 e. The van der Waals surface area contributed by atoms with E-state index in [2.05, 4.69) is 0 Å². The van der Waals surface area contributed by atoms with Crippen molar-refractivity contribution in [1.82, 2.24) is 0 Å². The number of para-hydroxylation sites is 1. The van der Waals surface area contributed by atoms with Gasteiger partial charge in [-0.25, -0.2) is 0 Å². The topological polar surface area (TPSA) is 35.5 Å². The number of carbonyl (C=O) groups excluding carboxylic acids is 1. The SMILES string of the molecule is COc1ccccc1CC(C)(C)OC=O. The highest BCUT2D eigenvalue weighted by atomic mass is 16.5. The lowest BCUT2D eigenvalue weighted by Crippen LogP contribution is -2.26. The van der Waals surface area contributed by atoms with Crippen molar-refractivity contribution in [2.75, 3.05) is 7.11 Å². The van der Waals surface area contributed by atoms with Crippen molar-refractivity contribution in [1.29, 1.82) is 0 Å². The molecule has 15 heavy (non-hydrogen) atoms. The molecule has 0 saturated heterocycles. The van der Waals surface area contributed by atoms with Gasteiger partial charge in [-0.3, -0.25) is 4.79 Å². The Hall–Kier alpha value is -1.51. The van der Waals surface area contributed by atoms with E-state index in [-0.39, 0.29) is 0 Å². The van der Waals surface area contributed by atoms with Crippen molar-refractivity contribution in [2.45, 2.75) is 25.9 Å². The predicted molar refractivity (Wildman–Crippen MR) is 57.9 cm³/mol. The van der Waals surface area contributed by atoms with E-state index >= 15 is 0 Å². The fraction of sp³-hybridized carbons (Fsp3) is 0.417. The summed E-state index contributed by atoms with van der Waals surface area (Å²) in [6, 6.07) is 7.71. The van der Waals surface area contributed by atoms with E-state index in [0.29, 0.717) is 12.9 Å². The molecule has 0 aromatic heterocycles. The van der Waals surface area contributed by atoms with Gasteiger partial charge >= 0.3 is 0 Å². The minimum Gasteiger partial charge on any atom is -0.496 e. The second-order valence-corrected chi connectivity index (χ2v) is 3.96. The van der Waals surface area contributed by atoms with Gasteiger partial charge in [-0.05, 0) is 25.5 Å². The summed E-state index contributed by atoms with van der Waals surface area (Å²) in [5.41, 5.74) is 0.531. The average Bonchev–Trinajstić information content (AvgIpc) is 2.17. The van der Waals surface area contributed by atoms with Gasteiger partial charge in [-0.2, -0.15) is 0 Å². The van der Waals surface area contributed by atoms with Gasteiger partial charge in [0.05, 0.1) is 7.11 Å². The van der Waals surface area contributed by atoms with E-state index in [1.54, 1.807) is 7.11 Å². The summed E-state index contributed by atoms with van der Waals surface area (Å²) in [6.07, 6.45) is 0.635. The molecular formula is C12H16O3. The van der Waals surface area contributed by atoms with Gasteiger partial charge in [0.15, 0.2) is 0 Å². The van der Waals surface area contributed by atoms with Crippen molar-refractivity contribution in [3.8, 4) is 5.75 Å². The second kappa shape index (κ2) is 4.82. The van der Waals surface area contributed by atoms with E-state index in [1.807, 2.05) is 38.1 Å². The number of carbonyl (C=O) groups is 1. The highest BCUT2D eigenvalue weighted by Gasteiger charge is 2.21. The summed E-state index contributed by atoms with van der Waals surface area (Å²) in [5.74, 6) is 0.820. The third-order valence-corrected chi connectivity index (χ3v) is 2.18. The molecule has 0 aliphatic carbocycles. The molecule has 1 aromatic rings. The van der Waals surface area contributed by atoms with Crippen LogP contribution < -0.4 is 4.74 Å². The molecule has 0 spiro atoms. The highest BCUT2D eigenvalue weighted by Crippen LogP contribution is 2.24. The molecule has 0 unspecified atom stereocenters. The van der Waals surface area contributed by atoms with Crippen LogP contribution in [0.5, 0.6) is 5.75 Å². The molecule has 0 radical (unpaired) electrons. The summed E-state index contributed by atoms with van der Waals surface area (Å²) in [7, 11) is 1.63. The van der Waals surface area contributed by atoms with Gasteiger partial charge in [0.2, 0.25) is 0 Å². The van der Waals surface area contributed by atoms with E-state index in [1.165, 1.54) is 0 Å². The fourth-order valence-corrected chi connectivity index (χ4v) is 1.48. The zero-order valence-corrected chi connectivity index (χ0v) is 9.32. The normalized spacial score (nSPS) is 10.9. The maximum Gasteiger partial charge on any atom is 0.293 e. The molecule has 3 heteroatoms. The van der Waals surface area contributed by atoms with Crippen LogP contribution in [0, 0.1) is 0 Å². The summed E-state index contributed by atoms with van der Waals surface area (Å²) in [4.78, 5) is 10.3. The number of hydrogen-bond donors (Lipinski definition) is 0. The minimum atomic E-state index is -0.504.